The molecule has 144 valence electrons. The Kier molecular flexibility index (Phi) is 13.9. The van der Waals surface area contributed by atoms with Crippen molar-refractivity contribution in [2.24, 2.45) is 0 Å². The summed E-state index contributed by atoms with van der Waals surface area (Å²) in [5, 5.41) is 0. The van der Waals surface area contributed by atoms with E-state index in [0.29, 0.717) is 0 Å². The molecule has 0 amide bonds. The van der Waals surface area contributed by atoms with Crippen molar-refractivity contribution >= 4 is 6.60 Å². The average molecular weight is 346 g/mol. The van der Waals surface area contributed by atoms with E-state index in [4.69, 9.17) is 0 Å². The molecular weight excluding hydrogens is 295 g/mol. The summed E-state index contributed by atoms with van der Waals surface area (Å²) < 4.78 is 0. The number of unbranched alkanes of at least 4 members (excludes halogenated alkanes) is 7. The zero-order chi connectivity index (χ0) is 17.5. The van der Waals surface area contributed by atoms with Crippen LogP contribution in [0.15, 0.2) is 0 Å². The van der Waals surface area contributed by atoms with Crippen molar-refractivity contribution in [1.29, 1.82) is 0 Å². The molecule has 0 radical (unpaired) electrons. The van der Waals surface area contributed by atoms with Gasteiger partial charge in [0.1, 0.15) is 0 Å². The molecule has 0 saturated heterocycles. The minimum atomic E-state index is -1.77. The van der Waals surface area contributed by atoms with Crippen LogP contribution in [0.2, 0.25) is 0 Å². The van der Waals surface area contributed by atoms with Gasteiger partial charge < -0.3 is 0 Å². The van der Waals surface area contributed by atoms with Crippen molar-refractivity contribution in [2.75, 3.05) is 30.8 Å². The van der Waals surface area contributed by atoms with Gasteiger partial charge >= 0.3 is 149 Å². The Hall–Kier alpha value is 0.430. The van der Waals surface area contributed by atoms with Crippen molar-refractivity contribution in [3.8, 4) is 0 Å². The van der Waals surface area contributed by atoms with Crippen LogP contribution in [0.4, 0.5) is 0 Å². The van der Waals surface area contributed by atoms with Crippen LogP contribution in [0.1, 0.15) is 112 Å². The zero-order valence-corrected chi connectivity index (χ0v) is 18.5. The summed E-state index contributed by atoms with van der Waals surface area (Å²) in [6, 6.07) is 0. The third-order valence-electron chi connectivity index (χ3n) is 6.69. The molecule has 0 aromatic heterocycles. The summed E-state index contributed by atoms with van der Waals surface area (Å²) >= 11 is 0. The Labute approximate surface area is 149 Å². The molecule has 0 aliphatic heterocycles. The van der Waals surface area contributed by atoms with Gasteiger partial charge in [-0.05, 0) is 0 Å². The van der Waals surface area contributed by atoms with Gasteiger partial charge in [-0.1, -0.05) is 0 Å². The van der Waals surface area contributed by atoms with Crippen LogP contribution in [0, 0.1) is 0 Å². The van der Waals surface area contributed by atoms with Crippen molar-refractivity contribution in [1.82, 2.24) is 0 Å². The Morgan fingerprint density at radius 3 is 0.957 bits per heavy atom. The molecule has 0 nitrogen and oxygen atoms in total. The normalized spacial score (nSPS) is 13.9. The van der Waals surface area contributed by atoms with Crippen LogP contribution < -0.4 is 0 Å². The predicted octanol–water partition coefficient (Wildman–Crippen LogP) is 8.05. The van der Waals surface area contributed by atoms with E-state index in [9.17, 15) is 0 Å². The zero-order valence-electron chi connectivity index (χ0n) is 17.5. The summed E-state index contributed by atoms with van der Waals surface area (Å²) in [5.41, 5.74) is 0. The van der Waals surface area contributed by atoms with Gasteiger partial charge in [-0.25, -0.2) is 0 Å². The predicted molar refractivity (Wildman–Crippen MR) is 116 cm³/mol. The quantitative estimate of drug-likeness (QED) is 0.185. The molecule has 0 atom stereocenters. The monoisotopic (exact) mass is 345 g/mol. The summed E-state index contributed by atoms with van der Waals surface area (Å²) in [6.45, 7) is 10.2. The third-order valence-corrected chi connectivity index (χ3v) is 15.5. The first-order valence-electron chi connectivity index (χ1n) is 11.3. The Balaban J connectivity index is 5.30. The van der Waals surface area contributed by atoms with Gasteiger partial charge in [-0.15, -0.1) is 0 Å². The average Bonchev–Trinajstić information content (AvgIpc) is 2.59. The summed E-state index contributed by atoms with van der Waals surface area (Å²) in [4.78, 5) is 0. The van der Waals surface area contributed by atoms with Crippen LogP contribution in [-0.2, 0) is 0 Å². The van der Waals surface area contributed by atoms with Crippen molar-refractivity contribution in [3.05, 3.63) is 0 Å². The molecule has 1 heteroatoms. The van der Waals surface area contributed by atoms with Gasteiger partial charge in [0.15, 0.2) is 0 Å². The van der Waals surface area contributed by atoms with Crippen LogP contribution in [0.5, 0.6) is 0 Å². The van der Waals surface area contributed by atoms with E-state index < -0.39 is 6.60 Å². The first kappa shape index (κ1) is 23.4. The molecule has 0 spiro atoms. The molecule has 0 saturated carbocycles. The van der Waals surface area contributed by atoms with E-state index in [2.05, 4.69) is 34.6 Å². The van der Waals surface area contributed by atoms with Gasteiger partial charge in [0, 0.05) is 0 Å². The topological polar surface area (TPSA) is 0 Å². The molecule has 0 heterocycles. The van der Waals surface area contributed by atoms with Crippen molar-refractivity contribution in [2.45, 2.75) is 112 Å². The number of rotatable bonds is 17. The van der Waals surface area contributed by atoms with Crippen LogP contribution in [0.3, 0.4) is 0 Å². The van der Waals surface area contributed by atoms with Gasteiger partial charge in [-0.2, -0.15) is 0 Å². The molecule has 0 aliphatic carbocycles. The van der Waals surface area contributed by atoms with E-state index >= 15 is 0 Å². The second-order valence-electron chi connectivity index (χ2n) is 8.72. The van der Waals surface area contributed by atoms with Crippen LogP contribution >= 0.6 is 6.60 Å². The van der Waals surface area contributed by atoms with Crippen molar-refractivity contribution < 1.29 is 0 Å². The fourth-order valence-corrected chi connectivity index (χ4v) is 14.2. The molecule has 0 unspecified atom stereocenters. The Morgan fingerprint density at radius 2 is 0.652 bits per heavy atom. The van der Waals surface area contributed by atoms with Crippen LogP contribution in [-0.4, -0.2) is 30.8 Å². The van der Waals surface area contributed by atoms with E-state index in [1.807, 2.05) is 0 Å². The van der Waals surface area contributed by atoms with Gasteiger partial charge in [0.2, 0.25) is 0 Å². The SMILES string of the molecule is CCCCCC[PH-](CCCC)(CCCC)(CCCC)CCCC. The second kappa shape index (κ2) is 13.7. The molecule has 0 N–H and O–H groups in total. The first-order valence-corrected chi connectivity index (χ1v) is 14.8. The first-order chi connectivity index (χ1) is 11.1. The Bertz CT molecular complexity index is 215. The van der Waals surface area contributed by atoms with Gasteiger partial charge in [0.05, 0.1) is 0 Å². The summed E-state index contributed by atoms with van der Waals surface area (Å²) in [5.74, 6) is 0. The molecule has 0 rings (SSSR count). The molecule has 0 bridgehead atoms. The molecule has 0 aliphatic rings. The van der Waals surface area contributed by atoms with Gasteiger partial charge in [-0.3, -0.25) is 0 Å². The fraction of sp³-hybridized carbons (Fsp3) is 1.00. The van der Waals surface area contributed by atoms with Gasteiger partial charge in [0.25, 0.3) is 0 Å². The molecule has 0 fully saturated rings. The van der Waals surface area contributed by atoms with Crippen LogP contribution in [0.25, 0.3) is 0 Å². The van der Waals surface area contributed by atoms with E-state index in [0.717, 1.165) is 0 Å². The minimum absolute atomic E-state index is 1.38. The standard InChI is InChI=1S/C22H50P/c1-6-11-16-17-22-23(18-12-7-2,19-13-8-3,20-14-9-4)21-15-10-5/h23H,6-22H2,1-5H3/q-1. The van der Waals surface area contributed by atoms with E-state index in [1.165, 1.54) is 70.6 Å². The van der Waals surface area contributed by atoms with E-state index in [-0.39, 0.29) is 0 Å². The second-order valence-corrected chi connectivity index (χ2v) is 16.2. The third kappa shape index (κ3) is 8.90. The van der Waals surface area contributed by atoms with E-state index in [1.54, 1.807) is 37.2 Å². The number of hydrogen-bond donors (Lipinski definition) is 0. The molecular formula is C22H50P-. The number of hydrogen-bond acceptors (Lipinski definition) is 0. The fourth-order valence-electron chi connectivity index (χ4n) is 5.01. The maximum absolute atomic E-state index is 2.41. The summed E-state index contributed by atoms with van der Waals surface area (Å²) in [6.07, 6.45) is 25.8. The van der Waals surface area contributed by atoms with Crippen molar-refractivity contribution in [3.63, 3.8) is 0 Å². The molecule has 23 heavy (non-hydrogen) atoms. The molecule has 0 aromatic rings. The maximum atomic E-state index is 2.41. The summed E-state index contributed by atoms with van der Waals surface area (Å²) in [7, 11) is 0. The molecule has 0 aromatic carbocycles. The Morgan fingerprint density at radius 1 is 0.348 bits per heavy atom.